The fourth-order valence-electron chi connectivity index (χ4n) is 1.91. The van der Waals surface area contributed by atoms with E-state index in [1.807, 2.05) is 31.3 Å². The number of methoxy groups -OCH3 is 1. The lowest BCUT2D eigenvalue weighted by Crippen LogP contribution is -2.29. The molecule has 1 aromatic carbocycles. The third-order valence-corrected chi connectivity index (χ3v) is 4.11. The molecule has 4 nitrogen and oxygen atoms in total. The van der Waals surface area contributed by atoms with E-state index in [0.717, 1.165) is 21.2 Å². The number of ether oxygens (including phenoxy) is 1. The summed E-state index contributed by atoms with van der Waals surface area (Å²) in [5, 5.41) is 1.71. The molecular weight excluding hydrogens is 282 g/mol. The second kappa shape index (κ2) is 6.34. The molecule has 0 fully saturated rings. The van der Waals surface area contributed by atoms with E-state index in [1.165, 1.54) is 0 Å². The van der Waals surface area contributed by atoms with Gasteiger partial charge < -0.3 is 4.74 Å². The average Bonchev–Trinajstić information content (AvgIpc) is 2.82. The van der Waals surface area contributed by atoms with Crippen LogP contribution in [0, 0.1) is 6.92 Å². The molecule has 0 saturated heterocycles. The topological polar surface area (TPSA) is 60.2 Å². The second-order valence-corrected chi connectivity index (χ2v) is 5.86. The highest BCUT2D eigenvalue weighted by Crippen LogP contribution is 2.29. The van der Waals surface area contributed by atoms with Crippen molar-refractivity contribution in [2.75, 3.05) is 7.11 Å². The van der Waals surface area contributed by atoms with Gasteiger partial charge in [0.1, 0.15) is 5.75 Å². The quantitative estimate of drug-likeness (QED) is 0.658. The van der Waals surface area contributed by atoms with Gasteiger partial charge in [-0.05, 0) is 37.1 Å². The van der Waals surface area contributed by atoms with Gasteiger partial charge in [0.25, 0.3) is 0 Å². The van der Waals surface area contributed by atoms with Crippen molar-refractivity contribution < 1.29 is 4.74 Å². The third-order valence-electron chi connectivity index (χ3n) is 2.85. The summed E-state index contributed by atoms with van der Waals surface area (Å²) in [4.78, 5) is 5.35. The van der Waals surface area contributed by atoms with E-state index in [4.69, 9.17) is 22.2 Å². The standard InChI is InChI=1S/C13H16ClN3OS/c1-8-16-7-13(19-8)11(17-15)6-9-5-10(14)3-4-12(9)18-2/h3-5,7,11,17H,6,15H2,1-2H3. The molecule has 0 aliphatic heterocycles. The first-order valence-electron chi connectivity index (χ1n) is 5.85. The number of nitrogens with zero attached hydrogens (tertiary/aromatic N) is 1. The maximum atomic E-state index is 6.03. The number of hydrogen-bond donors (Lipinski definition) is 2. The number of hydrogen-bond acceptors (Lipinski definition) is 5. The maximum absolute atomic E-state index is 6.03. The Bertz CT molecular complexity index is 559. The van der Waals surface area contributed by atoms with Crippen molar-refractivity contribution in [2.24, 2.45) is 5.84 Å². The molecular formula is C13H16ClN3OS. The smallest absolute Gasteiger partial charge is 0.122 e. The number of thiazole rings is 1. The molecule has 0 aliphatic carbocycles. The van der Waals surface area contributed by atoms with Crippen molar-refractivity contribution in [2.45, 2.75) is 19.4 Å². The van der Waals surface area contributed by atoms with Crippen LogP contribution >= 0.6 is 22.9 Å². The van der Waals surface area contributed by atoms with Crippen LogP contribution in [0.15, 0.2) is 24.4 Å². The molecule has 0 saturated carbocycles. The maximum Gasteiger partial charge on any atom is 0.122 e. The minimum atomic E-state index is -0.00133. The Morgan fingerprint density at radius 2 is 2.32 bits per heavy atom. The summed E-state index contributed by atoms with van der Waals surface area (Å²) in [7, 11) is 1.65. The molecule has 0 amide bonds. The molecule has 1 unspecified atom stereocenters. The first-order valence-corrected chi connectivity index (χ1v) is 7.04. The van der Waals surface area contributed by atoms with Crippen molar-refractivity contribution >= 4 is 22.9 Å². The Morgan fingerprint density at radius 1 is 1.53 bits per heavy atom. The van der Waals surface area contributed by atoms with Crippen LogP contribution in [0.3, 0.4) is 0 Å². The van der Waals surface area contributed by atoms with Crippen LogP contribution in [0.2, 0.25) is 5.02 Å². The van der Waals surface area contributed by atoms with Crippen molar-refractivity contribution in [3.05, 3.63) is 44.9 Å². The van der Waals surface area contributed by atoms with E-state index in [9.17, 15) is 0 Å². The third kappa shape index (κ3) is 3.45. The Kier molecular flexibility index (Phi) is 4.76. The van der Waals surface area contributed by atoms with Crippen LogP contribution in [-0.4, -0.2) is 12.1 Å². The molecule has 3 N–H and O–H groups in total. The number of benzene rings is 1. The molecule has 0 bridgehead atoms. The molecule has 1 atom stereocenters. The molecule has 1 heterocycles. The van der Waals surface area contributed by atoms with E-state index in [-0.39, 0.29) is 6.04 Å². The predicted molar refractivity (Wildman–Crippen MR) is 78.6 cm³/mol. The van der Waals surface area contributed by atoms with E-state index in [0.29, 0.717) is 11.4 Å². The molecule has 0 spiro atoms. The van der Waals surface area contributed by atoms with Crippen LogP contribution in [-0.2, 0) is 6.42 Å². The van der Waals surface area contributed by atoms with Crippen LogP contribution < -0.4 is 16.0 Å². The fraction of sp³-hybridized carbons (Fsp3) is 0.308. The SMILES string of the molecule is COc1ccc(Cl)cc1CC(NN)c1cnc(C)s1. The van der Waals surface area contributed by atoms with E-state index >= 15 is 0 Å². The Balaban J connectivity index is 2.25. The Morgan fingerprint density at radius 3 is 2.89 bits per heavy atom. The first kappa shape index (κ1) is 14.3. The highest BCUT2D eigenvalue weighted by molar-refractivity contribution is 7.11. The molecule has 0 radical (unpaired) electrons. The first-order chi connectivity index (χ1) is 9.13. The zero-order chi connectivity index (χ0) is 13.8. The van der Waals surface area contributed by atoms with Crippen molar-refractivity contribution in [3.8, 4) is 5.75 Å². The lowest BCUT2D eigenvalue weighted by Gasteiger charge is -2.16. The zero-order valence-electron chi connectivity index (χ0n) is 10.8. The van der Waals surface area contributed by atoms with Crippen molar-refractivity contribution in [3.63, 3.8) is 0 Å². The van der Waals surface area contributed by atoms with Crippen LogP contribution in [0.5, 0.6) is 5.75 Å². The summed E-state index contributed by atoms with van der Waals surface area (Å²) in [5.74, 6) is 6.46. The van der Waals surface area contributed by atoms with Gasteiger partial charge in [0.15, 0.2) is 0 Å². The van der Waals surface area contributed by atoms with Crippen molar-refractivity contribution in [1.82, 2.24) is 10.4 Å². The lowest BCUT2D eigenvalue weighted by atomic mass is 10.0. The molecule has 19 heavy (non-hydrogen) atoms. The van der Waals surface area contributed by atoms with Crippen LogP contribution in [0.1, 0.15) is 21.5 Å². The zero-order valence-corrected chi connectivity index (χ0v) is 12.4. The summed E-state index contributed by atoms with van der Waals surface area (Å²) in [5.41, 5.74) is 3.84. The van der Waals surface area contributed by atoms with Gasteiger partial charge in [0.05, 0.1) is 18.2 Å². The van der Waals surface area contributed by atoms with Gasteiger partial charge in [-0.15, -0.1) is 11.3 Å². The normalized spacial score (nSPS) is 12.4. The Labute approximate surface area is 121 Å². The number of nitrogens with one attached hydrogen (secondary N) is 1. The molecule has 2 aromatic rings. The van der Waals surface area contributed by atoms with Gasteiger partial charge in [-0.3, -0.25) is 11.3 Å². The minimum Gasteiger partial charge on any atom is -0.496 e. The van der Waals surface area contributed by atoms with E-state index < -0.39 is 0 Å². The number of nitrogens with two attached hydrogens (primary N) is 1. The summed E-state index contributed by atoms with van der Waals surface area (Å²) < 4.78 is 5.35. The van der Waals surface area contributed by atoms with E-state index in [2.05, 4.69) is 10.4 Å². The monoisotopic (exact) mass is 297 g/mol. The largest absolute Gasteiger partial charge is 0.496 e. The lowest BCUT2D eigenvalue weighted by molar-refractivity contribution is 0.406. The minimum absolute atomic E-state index is 0.00133. The van der Waals surface area contributed by atoms with Crippen LogP contribution in [0.4, 0.5) is 0 Å². The predicted octanol–water partition coefficient (Wildman–Crippen LogP) is 2.86. The van der Waals surface area contributed by atoms with Gasteiger partial charge in [-0.2, -0.15) is 0 Å². The fourth-order valence-corrected chi connectivity index (χ4v) is 2.95. The molecule has 102 valence electrons. The number of aryl methyl sites for hydroxylation is 1. The number of aromatic nitrogens is 1. The van der Waals surface area contributed by atoms with Gasteiger partial charge in [0.2, 0.25) is 0 Å². The van der Waals surface area contributed by atoms with E-state index in [1.54, 1.807) is 18.4 Å². The number of hydrazine groups is 1. The Hall–Kier alpha value is -1.14. The number of halogens is 1. The average molecular weight is 298 g/mol. The molecule has 6 heteroatoms. The van der Waals surface area contributed by atoms with Gasteiger partial charge in [0, 0.05) is 16.1 Å². The summed E-state index contributed by atoms with van der Waals surface area (Å²) >= 11 is 7.66. The highest BCUT2D eigenvalue weighted by Gasteiger charge is 2.16. The van der Waals surface area contributed by atoms with Crippen molar-refractivity contribution in [1.29, 1.82) is 0 Å². The van der Waals surface area contributed by atoms with Gasteiger partial charge in [-0.1, -0.05) is 11.6 Å². The summed E-state index contributed by atoms with van der Waals surface area (Å²) in [6, 6.07) is 5.58. The van der Waals surface area contributed by atoms with Crippen LogP contribution in [0.25, 0.3) is 0 Å². The second-order valence-electron chi connectivity index (χ2n) is 4.16. The molecule has 1 aromatic heterocycles. The summed E-state index contributed by atoms with van der Waals surface area (Å²) in [6.45, 7) is 1.97. The summed E-state index contributed by atoms with van der Waals surface area (Å²) in [6.07, 6.45) is 2.55. The molecule has 0 aliphatic rings. The van der Waals surface area contributed by atoms with Gasteiger partial charge >= 0.3 is 0 Å². The molecule has 2 rings (SSSR count). The number of rotatable bonds is 5. The van der Waals surface area contributed by atoms with Gasteiger partial charge in [-0.25, -0.2) is 4.98 Å². The highest BCUT2D eigenvalue weighted by atomic mass is 35.5.